The molecule has 0 radical (unpaired) electrons. The van der Waals surface area contributed by atoms with Crippen molar-refractivity contribution in [1.82, 2.24) is 25.3 Å². The van der Waals surface area contributed by atoms with E-state index in [4.69, 9.17) is 19.2 Å². The van der Waals surface area contributed by atoms with Crippen molar-refractivity contribution in [2.45, 2.75) is 12.5 Å². The van der Waals surface area contributed by atoms with Gasteiger partial charge in [0.15, 0.2) is 11.5 Å². The third-order valence-electron chi connectivity index (χ3n) is 5.81. The number of rotatable bonds is 8. The van der Waals surface area contributed by atoms with Crippen LogP contribution in [0.4, 0.5) is 0 Å². The van der Waals surface area contributed by atoms with E-state index < -0.39 is 6.04 Å². The summed E-state index contributed by atoms with van der Waals surface area (Å²) in [6, 6.07) is 18.3. The van der Waals surface area contributed by atoms with Gasteiger partial charge in [-0.3, -0.25) is 4.79 Å². The molecule has 0 saturated heterocycles. The first kappa shape index (κ1) is 22.3. The maximum atomic E-state index is 13.4. The van der Waals surface area contributed by atoms with Crippen molar-refractivity contribution < 1.29 is 19.0 Å². The summed E-state index contributed by atoms with van der Waals surface area (Å²) in [6.45, 7) is 0. The van der Waals surface area contributed by atoms with E-state index >= 15 is 0 Å². The highest BCUT2D eigenvalue weighted by Gasteiger charge is 2.23. The number of carbonyl (C=O) groups is 1. The van der Waals surface area contributed by atoms with Gasteiger partial charge < -0.3 is 29.5 Å². The molecule has 0 saturated carbocycles. The van der Waals surface area contributed by atoms with Crippen molar-refractivity contribution in [1.29, 1.82) is 0 Å². The summed E-state index contributed by atoms with van der Waals surface area (Å²) in [6.07, 6.45) is 0.407. The topological polar surface area (TPSA) is 114 Å². The van der Waals surface area contributed by atoms with Gasteiger partial charge in [0, 0.05) is 12.0 Å². The number of fused-ring (bicyclic) bond motifs is 2. The second-order valence-electron chi connectivity index (χ2n) is 7.98. The monoisotopic (exact) mass is 471 g/mol. The molecule has 0 aliphatic rings. The van der Waals surface area contributed by atoms with Gasteiger partial charge in [-0.1, -0.05) is 24.3 Å². The normalized spacial score (nSPS) is 12.0. The van der Waals surface area contributed by atoms with Crippen LogP contribution in [-0.2, 0) is 6.42 Å². The summed E-state index contributed by atoms with van der Waals surface area (Å²) in [5, 5.41) is 3.10. The summed E-state index contributed by atoms with van der Waals surface area (Å²) in [4.78, 5) is 29.5. The maximum absolute atomic E-state index is 13.4. The zero-order valence-corrected chi connectivity index (χ0v) is 19.6. The van der Waals surface area contributed by atoms with Crippen LogP contribution in [-0.4, -0.2) is 47.2 Å². The minimum Gasteiger partial charge on any atom is -0.493 e. The second kappa shape index (κ2) is 9.38. The number of ether oxygens (including phenoxy) is 3. The van der Waals surface area contributed by atoms with Crippen LogP contribution in [0.25, 0.3) is 22.1 Å². The number of nitrogens with one attached hydrogen (secondary N) is 3. The quantitative estimate of drug-likeness (QED) is 0.313. The molecule has 0 aliphatic heterocycles. The maximum Gasteiger partial charge on any atom is 0.252 e. The fourth-order valence-electron chi connectivity index (χ4n) is 4.10. The molecule has 0 fully saturated rings. The number of aromatic nitrogens is 4. The highest BCUT2D eigenvalue weighted by atomic mass is 16.5. The summed E-state index contributed by atoms with van der Waals surface area (Å²) < 4.78 is 16.2. The van der Waals surface area contributed by atoms with E-state index in [1.807, 2.05) is 48.5 Å². The fourth-order valence-corrected chi connectivity index (χ4v) is 4.10. The molecule has 35 heavy (non-hydrogen) atoms. The standard InChI is InChI=1S/C26H25N5O4/c1-33-21-12-15(13-22(34-2)24(21)35-3)26(32)31-20(25-29-18-10-6-7-11-19(18)30-25)14-23-27-16-8-4-5-9-17(16)28-23/h4-13,20H,14H2,1-3H3,(H,27,28)(H,29,30)(H,31,32). The number of hydrogen-bond donors (Lipinski definition) is 3. The van der Waals surface area contributed by atoms with E-state index in [1.54, 1.807) is 12.1 Å². The Kier molecular flexibility index (Phi) is 5.97. The second-order valence-corrected chi connectivity index (χ2v) is 7.98. The Bertz CT molecular complexity index is 1420. The number of benzene rings is 3. The Morgan fingerprint density at radius 1 is 0.857 bits per heavy atom. The average Bonchev–Trinajstić information content (AvgIpc) is 3.50. The van der Waals surface area contributed by atoms with Crippen LogP contribution in [0, 0.1) is 0 Å². The number of imidazole rings is 2. The molecule has 1 amide bonds. The van der Waals surface area contributed by atoms with Gasteiger partial charge in [0.1, 0.15) is 11.6 Å². The lowest BCUT2D eigenvalue weighted by Gasteiger charge is -2.18. The smallest absolute Gasteiger partial charge is 0.252 e. The number of nitrogens with zero attached hydrogens (tertiary/aromatic N) is 2. The molecule has 5 rings (SSSR count). The van der Waals surface area contributed by atoms with Gasteiger partial charge in [-0.15, -0.1) is 0 Å². The van der Waals surface area contributed by atoms with Gasteiger partial charge >= 0.3 is 0 Å². The Balaban J connectivity index is 1.50. The molecule has 0 bridgehead atoms. The number of amides is 1. The molecular weight excluding hydrogens is 446 g/mol. The highest BCUT2D eigenvalue weighted by molar-refractivity contribution is 5.96. The van der Waals surface area contributed by atoms with Crippen molar-refractivity contribution in [3.05, 3.63) is 77.9 Å². The lowest BCUT2D eigenvalue weighted by Crippen LogP contribution is -2.31. The Morgan fingerprint density at radius 3 is 2.03 bits per heavy atom. The Morgan fingerprint density at radius 2 is 1.46 bits per heavy atom. The van der Waals surface area contributed by atoms with Crippen LogP contribution in [0.1, 0.15) is 28.0 Å². The molecule has 2 heterocycles. The van der Waals surface area contributed by atoms with Crippen LogP contribution in [0.15, 0.2) is 60.7 Å². The van der Waals surface area contributed by atoms with Gasteiger partial charge in [0.2, 0.25) is 5.75 Å². The SMILES string of the molecule is COc1cc(C(=O)NC(Cc2nc3ccccc3[nH]2)c2nc3ccccc3[nH]2)cc(OC)c1OC. The van der Waals surface area contributed by atoms with Crippen LogP contribution >= 0.6 is 0 Å². The van der Waals surface area contributed by atoms with Crippen molar-refractivity contribution in [2.75, 3.05) is 21.3 Å². The minimum atomic E-state index is -0.477. The summed E-state index contributed by atoms with van der Waals surface area (Å²) in [5.74, 6) is 2.27. The van der Waals surface area contributed by atoms with E-state index in [9.17, 15) is 4.79 Å². The predicted octanol–water partition coefficient (Wildman–Crippen LogP) is 4.18. The van der Waals surface area contributed by atoms with E-state index in [1.165, 1.54) is 21.3 Å². The molecule has 9 nitrogen and oxygen atoms in total. The summed E-state index contributed by atoms with van der Waals surface area (Å²) >= 11 is 0. The number of carbonyl (C=O) groups excluding carboxylic acids is 1. The van der Waals surface area contributed by atoms with Crippen molar-refractivity contribution in [2.24, 2.45) is 0 Å². The first-order valence-corrected chi connectivity index (χ1v) is 11.1. The van der Waals surface area contributed by atoms with Crippen LogP contribution in [0.2, 0.25) is 0 Å². The third-order valence-corrected chi connectivity index (χ3v) is 5.81. The van der Waals surface area contributed by atoms with Crippen LogP contribution in [0.3, 0.4) is 0 Å². The van der Waals surface area contributed by atoms with Gasteiger partial charge in [0.25, 0.3) is 5.91 Å². The molecule has 1 unspecified atom stereocenters. The van der Waals surface area contributed by atoms with Gasteiger partial charge in [-0.05, 0) is 36.4 Å². The van der Waals surface area contributed by atoms with E-state index in [2.05, 4.69) is 20.3 Å². The first-order valence-electron chi connectivity index (χ1n) is 11.1. The lowest BCUT2D eigenvalue weighted by molar-refractivity contribution is 0.0933. The molecule has 3 N–H and O–H groups in total. The molecule has 2 aromatic heterocycles. The van der Waals surface area contributed by atoms with Crippen LogP contribution in [0.5, 0.6) is 17.2 Å². The molecule has 0 spiro atoms. The lowest BCUT2D eigenvalue weighted by atomic mass is 10.1. The number of para-hydroxylation sites is 4. The fraction of sp³-hybridized carbons (Fsp3) is 0.192. The van der Waals surface area contributed by atoms with E-state index in [0.717, 1.165) is 27.9 Å². The number of hydrogen-bond acceptors (Lipinski definition) is 6. The molecule has 9 heteroatoms. The first-order chi connectivity index (χ1) is 17.1. The van der Waals surface area contributed by atoms with Gasteiger partial charge in [-0.25, -0.2) is 9.97 Å². The minimum absolute atomic E-state index is 0.314. The third kappa shape index (κ3) is 4.35. The Hall–Kier alpha value is -4.53. The van der Waals surface area contributed by atoms with Crippen LogP contribution < -0.4 is 19.5 Å². The highest BCUT2D eigenvalue weighted by Crippen LogP contribution is 2.38. The predicted molar refractivity (Wildman–Crippen MR) is 132 cm³/mol. The Labute approximate surface area is 201 Å². The number of H-pyrrole nitrogens is 2. The summed E-state index contributed by atoms with van der Waals surface area (Å²) in [7, 11) is 4.54. The average molecular weight is 472 g/mol. The molecule has 0 aliphatic carbocycles. The number of aromatic amines is 2. The molecular formula is C26H25N5O4. The van der Waals surface area contributed by atoms with E-state index in [0.29, 0.717) is 35.1 Å². The van der Waals surface area contributed by atoms with Crippen molar-refractivity contribution in [3.63, 3.8) is 0 Å². The molecule has 3 aromatic carbocycles. The summed E-state index contributed by atoms with van der Waals surface area (Å²) in [5.41, 5.74) is 3.87. The van der Waals surface area contributed by atoms with E-state index in [-0.39, 0.29) is 5.91 Å². The van der Waals surface area contributed by atoms with Gasteiger partial charge in [0.05, 0.1) is 49.4 Å². The largest absolute Gasteiger partial charge is 0.493 e. The molecule has 178 valence electrons. The zero-order valence-electron chi connectivity index (χ0n) is 19.6. The number of methoxy groups -OCH3 is 3. The van der Waals surface area contributed by atoms with Gasteiger partial charge in [-0.2, -0.15) is 0 Å². The van der Waals surface area contributed by atoms with Crippen molar-refractivity contribution >= 4 is 28.0 Å². The molecule has 1 atom stereocenters. The zero-order chi connectivity index (χ0) is 24.4. The molecule has 5 aromatic rings. The van der Waals surface area contributed by atoms with Crippen molar-refractivity contribution in [3.8, 4) is 17.2 Å².